The smallest absolute Gasteiger partial charge is 0.0161 e. The van der Waals surface area contributed by atoms with Crippen molar-refractivity contribution < 1.29 is 0 Å². The summed E-state index contributed by atoms with van der Waals surface area (Å²) in [5.41, 5.74) is 6.19. The molecule has 0 aliphatic heterocycles. The van der Waals surface area contributed by atoms with Crippen LogP contribution in [0, 0.1) is 11.3 Å². The molecule has 0 atom stereocenters. The van der Waals surface area contributed by atoms with Gasteiger partial charge in [0.2, 0.25) is 0 Å². The summed E-state index contributed by atoms with van der Waals surface area (Å²) >= 11 is 0. The zero-order chi connectivity index (χ0) is 11.5. The molecular weight excluding hydrogens is 184 g/mol. The quantitative estimate of drug-likeness (QED) is 0.636. The van der Waals surface area contributed by atoms with Gasteiger partial charge in [0.05, 0.1) is 0 Å². The first-order valence-corrected chi connectivity index (χ1v) is 6.32. The molecule has 0 aromatic rings. The van der Waals surface area contributed by atoms with Crippen molar-refractivity contribution in [3.05, 3.63) is 0 Å². The molecule has 0 spiro atoms. The molecule has 2 heteroatoms. The molecule has 1 aliphatic carbocycles. The van der Waals surface area contributed by atoms with Gasteiger partial charge in [-0.3, -0.25) is 0 Å². The molecule has 0 amide bonds. The molecule has 1 rings (SSSR count). The van der Waals surface area contributed by atoms with Gasteiger partial charge in [-0.05, 0) is 44.6 Å². The fraction of sp³-hybridized carbons (Fsp3) is 1.00. The van der Waals surface area contributed by atoms with Crippen molar-refractivity contribution in [1.82, 2.24) is 5.32 Å². The SMILES string of the molecule is CC(C)(N)C(C)(C)CNCCCC1CC1. The predicted molar refractivity (Wildman–Crippen MR) is 66.9 cm³/mol. The van der Waals surface area contributed by atoms with Gasteiger partial charge < -0.3 is 11.1 Å². The van der Waals surface area contributed by atoms with Crippen LogP contribution in [0.3, 0.4) is 0 Å². The maximum absolute atomic E-state index is 6.15. The van der Waals surface area contributed by atoms with Crippen molar-refractivity contribution in [3.63, 3.8) is 0 Å². The summed E-state index contributed by atoms with van der Waals surface area (Å²) in [4.78, 5) is 0. The van der Waals surface area contributed by atoms with E-state index < -0.39 is 0 Å². The first-order chi connectivity index (χ1) is 6.83. The standard InChI is InChI=1S/C13H28N2/c1-12(2,13(3,4)14)10-15-9-5-6-11-7-8-11/h11,15H,5-10,14H2,1-4H3. The van der Waals surface area contributed by atoms with Crippen LogP contribution in [0.1, 0.15) is 53.4 Å². The molecule has 1 aliphatic rings. The van der Waals surface area contributed by atoms with Gasteiger partial charge in [-0.2, -0.15) is 0 Å². The summed E-state index contributed by atoms with van der Waals surface area (Å²) in [6.45, 7) is 10.9. The molecular formula is C13H28N2. The Hall–Kier alpha value is -0.0800. The Balaban J connectivity index is 2.06. The van der Waals surface area contributed by atoms with Gasteiger partial charge in [-0.15, -0.1) is 0 Å². The largest absolute Gasteiger partial charge is 0.325 e. The Kier molecular flexibility index (Phi) is 4.19. The second-order valence-electron chi connectivity index (χ2n) is 6.37. The second-order valence-corrected chi connectivity index (χ2v) is 6.37. The molecule has 0 saturated heterocycles. The van der Waals surface area contributed by atoms with Gasteiger partial charge in [0.25, 0.3) is 0 Å². The van der Waals surface area contributed by atoms with Crippen LogP contribution in [-0.4, -0.2) is 18.6 Å². The lowest BCUT2D eigenvalue weighted by atomic mass is 9.75. The summed E-state index contributed by atoms with van der Waals surface area (Å²) in [6, 6.07) is 0. The molecule has 0 bridgehead atoms. The Morgan fingerprint density at radius 1 is 1.20 bits per heavy atom. The third-order valence-corrected chi connectivity index (χ3v) is 3.97. The molecule has 0 aromatic carbocycles. The van der Waals surface area contributed by atoms with Crippen LogP contribution < -0.4 is 11.1 Å². The van der Waals surface area contributed by atoms with E-state index in [-0.39, 0.29) is 11.0 Å². The summed E-state index contributed by atoms with van der Waals surface area (Å²) in [6.07, 6.45) is 5.69. The van der Waals surface area contributed by atoms with E-state index in [1.807, 2.05) is 0 Å². The van der Waals surface area contributed by atoms with Crippen LogP contribution in [0.4, 0.5) is 0 Å². The topological polar surface area (TPSA) is 38.0 Å². The van der Waals surface area contributed by atoms with Crippen molar-refractivity contribution in [2.75, 3.05) is 13.1 Å². The monoisotopic (exact) mass is 212 g/mol. The Bertz CT molecular complexity index is 187. The van der Waals surface area contributed by atoms with Gasteiger partial charge in [-0.25, -0.2) is 0 Å². The summed E-state index contributed by atoms with van der Waals surface area (Å²) < 4.78 is 0. The van der Waals surface area contributed by atoms with Crippen LogP contribution in [0.25, 0.3) is 0 Å². The number of nitrogens with two attached hydrogens (primary N) is 1. The van der Waals surface area contributed by atoms with E-state index in [0.717, 1.165) is 19.0 Å². The highest BCUT2D eigenvalue weighted by Gasteiger charge is 2.32. The molecule has 90 valence electrons. The third kappa shape index (κ3) is 4.52. The third-order valence-electron chi connectivity index (χ3n) is 3.97. The molecule has 1 saturated carbocycles. The lowest BCUT2D eigenvalue weighted by Gasteiger charge is -2.38. The van der Waals surface area contributed by atoms with Crippen LogP contribution in [0.15, 0.2) is 0 Å². The Labute approximate surface area is 95.0 Å². The minimum atomic E-state index is -0.115. The molecule has 0 heterocycles. The van der Waals surface area contributed by atoms with Crippen molar-refractivity contribution >= 4 is 0 Å². The van der Waals surface area contributed by atoms with E-state index in [0.29, 0.717) is 0 Å². The maximum Gasteiger partial charge on any atom is 0.0161 e. The number of nitrogens with one attached hydrogen (secondary N) is 1. The minimum Gasteiger partial charge on any atom is -0.325 e. The predicted octanol–water partition coefficient (Wildman–Crippen LogP) is 2.53. The van der Waals surface area contributed by atoms with Gasteiger partial charge >= 0.3 is 0 Å². The lowest BCUT2D eigenvalue weighted by molar-refractivity contribution is 0.195. The number of hydrogen-bond acceptors (Lipinski definition) is 2. The molecule has 0 aromatic heterocycles. The maximum atomic E-state index is 6.15. The minimum absolute atomic E-state index is 0.115. The van der Waals surface area contributed by atoms with E-state index in [4.69, 9.17) is 5.73 Å². The molecule has 0 unspecified atom stereocenters. The molecule has 0 radical (unpaired) electrons. The fourth-order valence-corrected chi connectivity index (χ4v) is 1.55. The van der Waals surface area contributed by atoms with E-state index in [1.165, 1.54) is 25.7 Å². The van der Waals surface area contributed by atoms with Gasteiger partial charge in [-0.1, -0.05) is 26.7 Å². The van der Waals surface area contributed by atoms with Crippen molar-refractivity contribution in [1.29, 1.82) is 0 Å². The zero-order valence-electron chi connectivity index (χ0n) is 10.9. The Morgan fingerprint density at radius 3 is 2.27 bits per heavy atom. The summed E-state index contributed by atoms with van der Waals surface area (Å²) in [5, 5.41) is 3.54. The number of hydrogen-bond donors (Lipinski definition) is 2. The van der Waals surface area contributed by atoms with Crippen molar-refractivity contribution in [2.45, 2.75) is 58.9 Å². The highest BCUT2D eigenvalue weighted by Crippen LogP contribution is 2.33. The highest BCUT2D eigenvalue weighted by atomic mass is 14.9. The van der Waals surface area contributed by atoms with Crippen LogP contribution in [-0.2, 0) is 0 Å². The second kappa shape index (κ2) is 4.84. The fourth-order valence-electron chi connectivity index (χ4n) is 1.55. The van der Waals surface area contributed by atoms with E-state index in [2.05, 4.69) is 33.0 Å². The van der Waals surface area contributed by atoms with Gasteiger partial charge in [0.1, 0.15) is 0 Å². The van der Waals surface area contributed by atoms with Crippen molar-refractivity contribution in [2.24, 2.45) is 17.1 Å². The van der Waals surface area contributed by atoms with Crippen LogP contribution in [0.5, 0.6) is 0 Å². The molecule has 2 nitrogen and oxygen atoms in total. The highest BCUT2D eigenvalue weighted by molar-refractivity contribution is 4.91. The van der Waals surface area contributed by atoms with Crippen molar-refractivity contribution in [3.8, 4) is 0 Å². The van der Waals surface area contributed by atoms with Crippen LogP contribution in [0.2, 0.25) is 0 Å². The lowest BCUT2D eigenvalue weighted by Crippen LogP contribution is -2.52. The molecule has 3 N–H and O–H groups in total. The summed E-state index contributed by atoms with van der Waals surface area (Å²) in [5.74, 6) is 1.06. The first-order valence-electron chi connectivity index (χ1n) is 6.32. The van der Waals surface area contributed by atoms with Crippen LogP contribution >= 0.6 is 0 Å². The van der Waals surface area contributed by atoms with E-state index in [9.17, 15) is 0 Å². The average molecular weight is 212 g/mol. The zero-order valence-corrected chi connectivity index (χ0v) is 10.9. The molecule has 1 fully saturated rings. The normalized spacial score (nSPS) is 18.2. The number of rotatable bonds is 7. The van der Waals surface area contributed by atoms with E-state index >= 15 is 0 Å². The van der Waals surface area contributed by atoms with Gasteiger partial charge in [0.15, 0.2) is 0 Å². The van der Waals surface area contributed by atoms with Gasteiger partial charge in [0, 0.05) is 12.1 Å². The van der Waals surface area contributed by atoms with E-state index in [1.54, 1.807) is 0 Å². The summed E-state index contributed by atoms with van der Waals surface area (Å²) in [7, 11) is 0. The first kappa shape index (κ1) is 13.0. The average Bonchev–Trinajstić information content (AvgIpc) is 2.85. The molecule has 15 heavy (non-hydrogen) atoms. The Morgan fingerprint density at radius 2 is 1.80 bits per heavy atom.